The molecule has 1 saturated heterocycles. The maximum Gasteiger partial charge on any atom is 0.244 e. The summed E-state index contributed by atoms with van der Waals surface area (Å²) in [6.45, 7) is 2.18. The van der Waals surface area contributed by atoms with Crippen molar-refractivity contribution in [1.29, 1.82) is 0 Å². The maximum atomic E-state index is 12.0. The number of nitrogens with zero attached hydrogens (tertiary/aromatic N) is 3. The van der Waals surface area contributed by atoms with Crippen LogP contribution in [0.15, 0.2) is 72.0 Å². The molecule has 31 heavy (non-hydrogen) atoms. The van der Waals surface area contributed by atoms with Crippen molar-refractivity contribution in [3.63, 3.8) is 0 Å². The maximum absolute atomic E-state index is 12.0. The van der Waals surface area contributed by atoms with Gasteiger partial charge in [-0.2, -0.15) is 9.65 Å². The van der Waals surface area contributed by atoms with Crippen LogP contribution in [0.3, 0.4) is 0 Å². The number of benzene rings is 2. The highest BCUT2D eigenvalue weighted by atomic mass is 32.3. The van der Waals surface area contributed by atoms with Crippen LogP contribution in [0.5, 0.6) is 0 Å². The number of piperidine rings is 1. The second-order valence-electron chi connectivity index (χ2n) is 8.15. The van der Waals surface area contributed by atoms with Gasteiger partial charge < -0.3 is 5.32 Å². The van der Waals surface area contributed by atoms with Crippen molar-refractivity contribution < 1.29 is 8.76 Å². The molecule has 0 radical (unpaired) electrons. The Labute approximate surface area is 182 Å². The average molecular weight is 434 g/mol. The smallest absolute Gasteiger partial charge is 0.244 e. The minimum absolute atomic E-state index is 0.398. The van der Waals surface area contributed by atoms with Gasteiger partial charge in [-0.3, -0.25) is 0 Å². The summed E-state index contributed by atoms with van der Waals surface area (Å²) < 4.78 is 23.7. The van der Waals surface area contributed by atoms with Crippen molar-refractivity contribution in [3.8, 4) is 22.3 Å². The molecule has 158 valence electrons. The quantitative estimate of drug-likeness (QED) is 0.464. The topological polar surface area (TPSA) is 79.5 Å². The molecule has 1 aliphatic heterocycles. The summed E-state index contributed by atoms with van der Waals surface area (Å²) in [7, 11) is -3.03. The summed E-state index contributed by atoms with van der Waals surface area (Å²) in [5, 5.41) is 7.90. The molecule has 0 spiro atoms. The van der Waals surface area contributed by atoms with E-state index >= 15 is 0 Å². The Morgan fingerprint density at radius 2 is 1.81 bits per heavy atom. The molecule has 1 atom stereocenters. The van der Waals surface area contributed by atoms with Gasteiger partial charge in [0.05, 0.1) is 6.20 Å². The van der Waals surface area contributed by atoms with Gasteiger partial charge >= 0.3 is 0 Å². The summed E-state index contributed by atoms with van der Waals surface area (Å²) in [5.74, 6) is 0.636. The number of hydrogen-bond donors (Lipinski definition) is 2. The fourth-order valence-corrected chi connectivity index (χ4v) is 4.91. The first kappa shape index (κ1) is 20.1. The second-order valence-corrected chi connectivity index (χ2v) is 10.2. The average Bonchev–Trinajstić information content (AvgIpc) is 3.23. The summed E-state index contributed by atoms with van der Waals surface area (Å²) >= 11 is 0. The summed E-state index contributed by atoms with van der Waals surface area (Å²) in [5.41, 5.74) is 5.88. The molecule has 1 aliphatic rings. The molecule has 0 bridgehead atoms. The summed E-state index contributed by atoms with van der Waals surface area (Å²) in [6, 6.07) is 15.9. The molecule has 2 aromatic heterocycles. The highest BCUT2D eigenvalue weighted by molar-refractivity contribution is 7.97. The van der Waals surface area contributed by atoms with Crippen LogP contribution in [0.25, 0.3) is 27.9 Å². The SMILES string of the molecule is C[S+](=O)(O)c1cccc(-c2cnn3cc(-c4ccc(C5CCNCC5)cc4)cnc23)c1. The second kappa shape index (κ2) is 8.00. The van der Waals surface area contributed by atoms with E-state index < -0.39 is 10.2 Å². The van der Waals surface area contributed by atoms with Crippen LogP contribution in [-0.2, 0) is 14.4 Å². The first-order chi connectivity index (χ1) is 15.0. The van der Waals surface area contributed by atoms with Crippen molar-refractivity contribution in [3.05, 3.63) is 72.7 Å². The van der Waals surface area contributed by atoms with Gasteiger partial charge in [0.2, 0.25) is 10.2 Å². The van der Waals surface area contributed by atoms with E-state index in [9.17, 15) is 8.76 Å². The Bertz CT molecular complexity index is 1270. The number of aromatic nitrogens is 3. The van der Waals surface area contributed by atoms with E-state index in [4.69, 9.17) is 0 Å². The van der Waals surface area contributed by atoms with E-state index in [0.29, 0.717) is 16.5 Å². The lowest BCUT2D eigenvalue weighted by Gasteiger charge is -2.23. The number of nitrogens with one attached hydrogen (secondary N) is 1. The first-order valence-electron chi connectivity index (χ1n) is 10.5. The van der Waals surface area contributed by atoms with Crippen molar-refractivity contribution >= 4 is 15.9 Å². The molecule has 0 amide bonds. The fourth-order valence-electron chi connectivity index (χ4n) is 4.23. The molecule has 5 rings (SSSR count). The van der Waals surface area contributed by atoms with Gasteiger partial charge in [-0.1, -0.05) is 40.6 Å². The molecular weight excluding hydrogens is 408 g/mol. The molecule has 1 unspecified atom stereocenters. The van der Waals surface area contributed by atoms with E-state index in [2.05, 4.69) is 39.7 Å². The normalized spacial score (nSPS) is 17.0. The minimum atomic E-state index is -3.03. The highest BCUT2D eigenvalue weighted by Gasteiger charge is 2.22. The van der Waals surface area contributed by atoms with Crippen LogP contribution in [0, 0.1) is 0 Å². The molecule has 3 heterocycles. The van der Waals surface area contributed by atoms with Gasteiger partial charge in [-0.25, -0.2) is 9.50 Å². The third-order valence-corrected chi connectivity index (χ3v) is 7.12. The van der Waals surface area contributed by atoms with E-state index in [1.165, 1.54) is 24.7 Å². The zero-order chi connectivity index (χ0) is 21.4. The lowest BCUT2D eigenvalue weighted by molar-refractivity contribution is 0.460. The third-order valence-electron chi connectivity index (χ3n) is 5.99. The fraction of sp³-hybridized carbons (Fsp3) is 0.250. The predicted molar refractivity (Wildman–Crippen MR) is 124 cm³/mol. The van der Waals surface area contributed by atoms with Crippen LogP contribution < -0.4 is 5.32 Å². The van der Waals surface area contributed by atoms with E-state index in [1.54, 1.807) is 28.9 Å². The van der Waals surface area contributed by atoms with Crippen LogP contribution in [0.2, 0.25) is 0 Å². The molecule has 2 N–H and O–H groups in total. The van der Waals surface area contributed by atoms with Gasteiger partial charge in [0.1, 0.15) is 6.26 Å². The van der Waals surface area contributed by atoms with Gasteiger partial charge in [-0.15, -0.1) is 0 Å². The Kier molecular flexibility index (Phi) is 5.17. The molecule has 7 heteroatoms. The zero-order valence-corrected chi connectivity index (χ0v) is 18.2. The van der Waals surface area contributed by atoms with E-state index in [1.807, 2.05) is 18.5 Å². The van der Waals surface area contributed by atoms with Crippen LogP contribution >= 0.6 is 0 Å². The van der Waals surface area contributed by atoms with Gasteiger partial charge in [0, 0.05) is 29.6 Å². The summed E-state index contributed by atoms with van der Waals surface area (Å²) in [6.07, 6.45) is 9.29. The van der Waals surface area contributed by atoms with Gasteiger partial charge in [-0.05, 0) is 54.6 Å². The summed E-state index contributed by atoms with van der Waals surface area (Å²) in [4.78, 5) is 5.05. The van der Waals surface area contributed by atoms with Crippen molar-refractivity contribution in [2.45, 2.75) is 23.7 Å². The molecule has 2 aromatic carbocycles. The van der Waals surface area contributed by atoms with Crippen LogP contribution in [0.4, 0.5) is 0 Å². The van der Waals surface area contributed by atoms with E-state index in [-0.39, 0.29) is 0 Å². The largest absolute Gasteiger partial charge is 0.317 e. The number of fused-ring (bicyclic) bond motifs is 1. The molecule has 4 aromatic rings. The van der Waals surface area contributed by atoms with Crippen molar-refractivity contribution in [2.24, 2.45) is 0 Å². The Morgan fingerprint density at radius 3 is 2.55 bits per heavy atom. The Hall–Kier alpha value is -2.87. The van der Waals surface area contributed by atoms with E-state index in [0.717, 1.165) is 35.3 Å². The van der Waals surface area contributed by atoms with Crippen LogP contribution in [-0.4, -0.2) is 38.5 Å². The zero-order valence-electron chi connectivity index (χ0n) is 17.4. The Balaban J connectivity index is 1.45. The number of hydrogen-bond acceptors (Lipinski definition) is 4. The molecule has 0 saturated carbocycles. The molecule has 0 aliphatic carbocycles. The van der Waals surface area contributed by atoms with Gasteiger partial charge in [0.25, 0.3) is 0 Å². The molecular formula is C24H25N4O2S+. The van der Waals surface area contributed by atoms with Crippen molar-refractivity contribution in [1.82, 2.24) is 19.9 Å². The first-order valence-corrected chi connectivity index (χ1v) is 12.4. The Morgan fingerprint density at radius 1 is 1.03 bits per heavy atom. The molecule has 1 fully saturated rings. The lowest BCUT2D eigenvalue weighted by atomic mass is 9.89. The predicted octanol–water partition coefficient (Wildman–Crippen LogP) is 4.49. The lowest BCUT2D eigenvalue weighted by Crippen LogP contribution is -2.26. The monoisotopic (exact) mass is 433 g/mol. The van der Waals surface area contributed by atoms with Crippen LogP contribution in [0.1, 0.15) is 24.3 Å². The minimum Gasteiger partial charge on any atom is -0.317 e. The van der Waals surface area contributed by atoms with Gasteiger partial charge in [0.15, 0.2) is 10.5 Å². The number of rotatable bonds is 4. The standard InChI is InChI=1S/C24H24N4O2S/c1-31(29,30)22-4-2-3-20(13-22)23-15-27-28-16-21(14-26-24(23)28)18-7-5-17(6-8-18)19-9-11-25-12-10-19/h2-8,13-16,19,25H,9-12H2,1H3/p+1. The highest BCUT2D eigenvalue weighted by Crippen LogP contribution is 2.30. The van der Waals surface area contributed by atoms with Crippen molar-refractivity contribution in [2.75, 3.05) is 19.3 Å². The third kappa shape index (κ3) is 4.04. The molecule has 6 nitrogen and oxygen atoms in total.